The monoisotopic (exact) mass is 320 g/mol. The number of carbonyl (C=O) groups is 1. The van der Waals surface area contributed by atoms with E-state index in [1.54, 1.807) is 13.8 Å². The Morgan fingerprint density at radius 3 is 2.40 bits per heavy atom. The average molecular weight is 320 g/mol. The summed E-state index contributed by atoms with van der Waals surface area (Å²) in [7, 11) is -3.61. The van der Waals surface area contributed by atoms with E-state index in [0.717, 1.165) is 11.3 Å². The largest absolute Gasteiger partial charge is 0.300 e. The zero-order valence-corrected chi connectivity index (χ0v) is 13.7. The molecule has 0 saturated heterocycles. The molecule has 0 aliphatic rings. The van der Waals surface area contributed by atoms with E-state index in [9.17, 15) is 13.2 Å². The Balaban J connectivity index is 2.84. The SMILES string of the molecule is CCN(CC)S(=O)(=O)c1nnc(NC(=O)CC(C)C)s1. The van der Waals surface area contributed by atoms with Crippen molar-refractivity contribution in [1.82, 2.24) is 14.5 Å². The van der Waals surface area contributed by atoms with E-state index in [1.165, 1.54) is 4.31 Å². The summed E-state index contributed by atoms with van der Waals surface area (Å²) in [6, 6.07) is 0. The summed E-state index contributed by atoms with van der Waals surface area (Å²) >= 11 is 0.871. The Labute approximate surface area is 123 Å². The van der Waals surface area contributed by atoms with Crippen molar-refractivity contribution >= 4 is 32.4 Å². The molecule has 0 aliphatic heterocycles. The predicted molar refractivity (Wildman–Crippen MR) is 78.1 cm³/mol. The Morgan fingerprint density at radius 1 is 1.30 bits per heavy atom. The fourth-order valence-corrected chi connectivity index (χ4v) is 4.09. The second-order valence-corrected chi connectivity index (χ2v) is 7.70. The van der Waals surface area contributed by atoms with Crippen LogP contribution < -0.4 is 5.32 Å². The minimum Gasteiger partial charge on any atom is -0.300 e. The minimum absolute atomic E-state index is 0.0963. The molecule has 0 atom stereocenters. The number of hydrogen-bond acceptors (Lipinski definition) is 6. The van der Waals surface area contributed by atoms with Crippen molar-refractivity contribution in [3.8, 4) is 0 Å². The third-order valence-electron chi connectivity index (χ3n) is 2.51. The van der Waals surface area contributed by atoms with Crippen LogP contribution >= 0.6 is 11.3 Å². The third kappa shape index (κ3) is 4.22. The van der Waals surface area contributed by atoms with Gasteiger partial charge in [-0.25, -0.2) is 8.42 Å². The lowest BCUT2D eigenvalue weighted by Gasteiger charge is -2.15. The average Bonchev–Trinajstić information content (AvgIpc) is 2.78. The van der Waals surface area contributed by atoms with E-state index in [1.807, 2.05) is 13.8 Å². The van der Waals surface area contributed by atoms with Crippen molar-refractivity contribution in [2.75, 3.05) is 18.4 Å². The number of nitrogens with one attached hydrogen (secondary N) is 1. The molecule has 1 rings (SSSR count). The molecule has 1 N–H and O–H groups in total. The number of rotatable bonds is 7. The van der Waals surface area contributed by atoms with Crippen molar-refractivity contribution in [3.63, 3.8) is 0 Å². The van der Waals surface area contributed by atoms with Crippen LogP contribution in [-0.2, 0) is 14.8 Å². The van der Waals surface area contributed by atoms with Gasteiger partial charge in [0.25, 0.3) is 10.0 Å². The summed E-state index contributed by atoms with van der Waals surface area (Å²) < 4.78 is 25.6. The number of amides is 1. The molecule has 7 nitrogen and oxygen atoms in total. The second-order valence-electron chi connectivity index (χ2n) is 4.61. The first-order chi connectivity index (χ1) is 9.31. The summed E-state index contributed by atoms with van der Waals surface area (Å²) in [5.74, 6) is 0.0322. The highest BCUT2D eigenvalue weighted by atomic mass is 32.2. The van der Waals surface area contributed by atoms with Crippen molar-refractivity contribution < 1.29 is 13.2 Å². The van der Waals surface area contributed by atoms with Crippen molar-refractivity contribution in [2.24, 2.45) is 5.92 Å². The smallest absolute Gasteiger partial charge is 0.272 e. The third-order valence-corrected chi connectivity index (χ3v) is 5.75. The zero-order valence-electron chi connectivity index (χ0n) is 12.1. The van der Waals surface area contributed by atoms with Gasteiger partial charge in [0, 0.05) is 19.5 Å². The molecule has 0 aliphatic carbocycles. The quantitative estimate of drug-likeness (QED) is 0.770. The first kappa shape index (κ1) is 17.0. The lowest BCUT2D eigenvalue weighted by Crippen LogP contribution is -2.30. The van der Waals surface area contributed by atoms with Crippen LogP contribution in [0, 0.1) is 5.92 Å². The lowest BCUT2D eigenvalue weighted by atomic mass is 10.1. The number of hydrogen-bond donors (Lipinski definition) is 1. The van der Waals surface area contributed by atoms with E-state index >= 15 is 0 Å². The van der Waals surface area contributed by atoms with Gasteiger partial charge in [-0.2, -0.15) is 4.31 Å². The molecule has 0 fully saturated rings. The van der Waals surface area contributed by atoms with Crippen LogP contribution in [0.15, 0.2) is 4.34 Å². The summed E-state index contributed by atoms with van der Waals surface area (Å²) in [4.78, 5) is 11.6. The van der Waals surface area contributed by atoms with E-state index in [4.69, 9.17) is 0 Å². The summed E-state index contributed by atoms with van der Waals surface area (Å²) in [6.07, 6.45) is 0.359. The predicted octanol–water partition coefficient (Wildman–Crippen LogP) is 1.55. The van der Waals surface area contributed by atoms with Gasteiger partial charge in [-0.05, 0) is 5.92 Å². The molecule has 0 saturated carbocycles. The number of carbonyl (C=O) groups excluding carboxylic acids is 1. The molecular formula is C11H20N4O3S2. The van der Waals surface area contributed by atoms with Gasteiger partial charge in [0.2, 0.25) is 15.4 Å². The molecular weight excluding hydrogens is 300 g/mol. The first-order valence-corrected chi connectivity index (χ1v) is 8.70. The zero-order chi connectivity index (χ0) is 15.3. The maximum Gasteiger partial charge on any atom is 0.272 e. The Kier molecular flexibility index (Phi) is 6.03. The van der Waals surface area contributed by atoms with Gasteiger partial charge in [0.1, 0.15) is 0 Å². The summed E-state index contributed by atoms with van der Waals surface area (Å²) in [5.41, 5.74) is 0. The highest BCUT2D eigenvalue weighted by Gasteiger charge is 2.26. The van der Waals surface area contributed by atoms with Crippen LogP contribution in [0.25, 0.3) is 0 Å². The van der Waals surface area contributed by atoms with E-state index in [2.05, 4.69) is 15.5 Å². The normalized spacial score (nSPS) is 12.1. The number of nitrogens with zero attached hydrogens (tertiary/aromatic N) is 3. The molecule has 1 aromatic heterocycles. The Hall–Kier alpha value is -1.06. The number of sulfonamides is 1. The van der Waals surface area contributed by atoms with Gasteiger partial charge in [-0.15, -0.1) is 10.2 Å². The van der Waals surface area contributed by atoms with Gasteiger partial charge in [0.05, 0.1) is 0 Å². The van der Waals surface area contributed by atoms with Crippen LogP contribution in [0.2, 0.25) is 0 Å². The van der Waals surface area contributed by atoms with Gasteiger partial charge in [-0.1, -0.05) is 39.0 Å². The van der Waals surface area contributed by atoms with Crippen LogP contribution in [0.4, 0.5) is 5.13 Å². The van der Waals surface area contributed by atoms with E-state index < -0.39 is 10.0 Å². The van der Waals surface area contributed by atoms with E-state index in [0.29, 0.717) is 19.5 Å². The first-order valence-electron chi connectivity index (χ1n) is 6.44. The standard InChI is InChI=1S/C11H20N4O3S2/c1-5-15(6-2)20(17,18)11-14-13-10(19-11)12-9(16)7-8(3)4/h8H,5-7H2,1-4H3,(H,12,13,16). The maximum atomic E-state index is 12.2. The highest BCUT2D eigenvalue weighted by molar-refractivity contribution is 7.91. The Morgan fingerprint density at radius 2 is 1.90 bits per heavy atom. The van der Waals surface area contributed by atoms with Crippen LogP contribution in [0.1, 0.15) is 34.1 Å². The fraction of sp³-hybridized carbons (Fsp3) is 0.727. The molecule has 9 heteroatoms. The molecule has 114 valence electrons. The van der Waals surface area contributed by atoms with Gasteiger partial charge in [0.15, 0.2) is 0 Å². The molecule has 0 bridgehead atoms. The van der Waals surface area contributed by atoms with Crippen molar-refractivity contribution in [1.29, 1.82) is 0 Å². The molecule has 1 aromatic rings. The molecule has 1 amide bonds. The Bertz CT molecular complexity index is 550. The summed E-state index contributed by atoms with van der Waals surface area (Å²) in [5, 5.41) is 10.1. The fourth-order valence-electron chi connectivity index (χ4n) is 1.58. The van der Waals surface area contributed by atoms with Gasteiger partial charge in [-0.3, -0.25) is 4.79 Å². The second kappa shape index (κ2) is 7.09. The number of anilines is 1. The van der Waals surface area contributed by atoms with Gasteiger partial charge >= 0.3 is 0 Å². The molecule has 0 unspecified atom stereocenters. The van der Waals surface area contributed by atoms with Crippen LogP contribution in [-0.4, -0.2) is 41.9 Å². The molecule has 0 spiro atoms. The number of aromatic nitrogens is 2. The molecule has 0 radical (unpaired) electrons. The molecule has 1 heterocycles. The van der Waals surface area contributed by atoms with Crippen LogP contribution in [0.5, 0.6) is 0 Å². The van der Waals surface area contributed by atoms with E-state index in [-0.39, 0.29) is 21.3 Å². The molecule has 20 heavy (non-hydrogen) atoms. The van der Waals surface area contributed by atoms with Gasteiger partial charge < -0.3 is 5.32 Å². The lowest BCUT2D eigenvalue weighted by molar-refractivity contribution is -0.116. The van der Waals surface area contributed by atoms with Crippen molar-refractivity contribution in [2.45, 2.75) is 38.5 Å². The summed E-state index contributed by atoms with van der Waals surface area (Å²) in [6.45, 7) is 8.10. The maximum absolute atomic E-state index is 12.2. The molecule has 0 aromatic carbocycles. The van der Waals surface area contributed by atoms with Crippen LogP contribution in [0.3, 0.4) is 0 Å². The topological polar surface area (TPSA) is 92.3 Å². The van der Waals surface area contributed by atoms with Crippen molar-refractivity contribution in [3.05, 3.63) is 0 Å². The highest BCUT2D eigenvalue weighted by Crippen LogP contribution is 2.23. The minimum atomic E-state index is -3.61.